The van der Waals surface area contributed by atoms with E-state index >= 15 is 0 Å². The van der Waals surface area contributed by atoms with Crippen LogP contribution in [-0.2, 0) is 14.6 Å². The second kappa shape index (κ2) is 3.69. The number of carbonyl (C=O) groups excluding carboxylic acids is 1. The van der Waals surface area contributed by atoms with Crippen molar-refractivity contribution >= 4 is 15.7 Å². The Morgan fingerprint density at radius 2 is 2.12 bits per heavy atom. The molecule has 2 fully saturated rings. The molecule has 0 unspecified atom stereocenters. The Kier molecular flexibility index (Phi) is 2.61. The minimum atomic E-state index is -3.02. The van der Waals surface area contributed by atoms with Gasteiger partial charge in [0.25, 0.3) is 0 Å². The van der Waals surface area contributed by atoms with Crippen LogP contribution in [0, 0.1) is 16.0 Å². The number of nitro groups is 1. The first-order valence-corrected chi connectivity index (χ1v) is 6.85. The van der Waals surface area contributed by atoms with Gasteiger partial charge in [-0.1, -0.05) is 0 Å². The SMILES string of the molecule is O=C(N[C@@H]1CCS(=O)(=O)C1)[C@@H]1C[C@@H]1[N+](=O)[O-]. The van der Waals surface area contributed by atoms with Gasteiger partial charge in [-0.2, -0.15) is 0 Å². The van der Waals surface area contributed by atoms with E-state index in [9.17, 15) is 23.3 Å². The van der Waals surface area contributed by atoms with Gasteiger partial charge in [-0.15, -0.1) is 0 Å². The van der Waals surface area contributed by atoms with Crippen LogP contribution in [0.3, 0.4) is 0 Å². The summed E-state index contributed by atoms with van der Waals surface area (Å²) in [4.78, 5) is 21.4. The molecule has 1 heterocycles. The van der Waals surface area contributed by atoms with Crippen molar-refractivity contribution < 1.29 is 18.1 Å². The molecule has 8 heteroatoms. The van der Waals surface area contributed by atoms with Crippen molar-refractivity contribution in [3.63, 3.8) is 0 Å². The van der Waals surface area contributed by atoms with Gasteiger partial charge in [0.2, 0.25) is 11.9 Å². The number of carbonyl (C=O) groups is 1. The van der Waals surface area contributed by atoms with Crippen molar-refractivity contribution in [2.75, 3.05) is 11.5 Å². The minimum Gasteiger partial charge on any atom is -0.352 e. The van der Waals surface area contributed by atoms with Gasteiger partial charge in [0.05, 0.1) is 11.5 Å². The van der Waals surface area contributed by atoms with Crippen molar-refractivity contribution in [3.05, 3.63) is 10.1 Å². The molecule has 3 atom stereocenters. The van der Waals surface area contributed by atoms with Crippen LogP contribution in [0.4, 0.5) is 0 Å². The molecular weight excluding hydrogens is 236 g/mol. The Hall–Kier alpha value is -1.18. The monoisotopic (exact) mass is 248 g/mol. The smallest absolute Gasteiger partial charge is 0.230 e. The number of rotatable bonds is 3. The van der Waals surface area contributed by atoms with E-state index in [4.69, 9.17) is 0 Å². The number of nitrogens with one attached hydrogen (secondary N) is 1. The molecule has 90 valence electrons. The highest BCUT2D eigenvalue weighted by Crippen LogP contribution is 2.33. The van der Waals surface area contributed by atoms with Crippen LogP contribution >= 0.6 is 0 Å². The molecule has 2 aliphatic rings. The third kappa shape index (κ3) is 2.31. The van der Waals surface area contributed by atoms with E-state index in [0.29, 0.717) is 6.42 Å². The van der Waals surface area contributed by atoms with Gasteiger partial charge in [0, 0.05) is 17.4 Å². The molecule has 16 heavy (non-hydrogen) atoms. The van der Waals surface area contributed by atoms with Crippen LogP contribution in [0.15, 0.2) is 0 Å². The third-order valence-electron chi connectivity index (χ3n) is 2.94. The zero-order valence-electron chi connectivity index (χ0n) is 8.46. The summed E-state index contributed by atoms with van der Waals surface area (Å²) >= 11 is 0. The fraction of sp³-hybridized carbons (Fsp3) is 0.875. The molecule has 1 aliphatic heterocycles. The maximum Gasteiger partial charge on any atom is 0.230 e. The first-order valence-electron chi connectivity index (χ1n) is 5.03. The molecule has 1 aliphatic carbocycles. The maximum absolute atomic E-state index is 11.5. The van der Waals surface area contributed by atoms with Crippen molar-refractivity contribution in [3.8, 4) is 0 Å². The van der Waals surface area contributed by atoms with E-state index in [1.54, 1.807) is 0 Å². The van der Waals surface area contributed by atoms with Crippen LogP contribution in [-0.4, -0.2) is 42.8 Å². The summed E-state index contributed by atoms with van der Waals surface area (Å²) in [6.07, 6.45) is 0.669. The summed E-state index contributed by atoms with van der Waals surface area (Å²) in [6.45, 7) is 0. The van der Waals surface area contributed by atoms with Crippen LogP contribution in [0.2, 0.25) is 0 Å². The summed E-state index contributed by atoms with van der Waals surface area (Å²) < 4.78 is 22.2. The predicted molar refractivity (Wildman–Crippen MR) is 54.1 cm³/mol. The van der Waals surface area contributed by atoms with E-state index in [1.165, 1.54) is 0 Å². The molecule has 0 spiro atoms. The standard InChI is InChI=1S/C8H12N2O5S/c11-8(6-3-7(6)10(12)13)9-5-1-2-16(14,15)4-5/h5-7H,1-4H2,(H,9,11)/t5-,6-,7+/m1/s1. The van der Waals surface area contributed by atoms with E-state index in [-0.39, 0.29) is 29.9 Å². The number of nitrogens with zero attached hydrogens (tertiary/aromatic N) is 1. The van der Waals surface area contributed by atoms with Crippen LogP contribution < -0.4 is 5.32 Å². The minimum absolute atomic E-state index is 0.0470. The second-order valence-electron chi connectivity index (χ2n) is 4.30. The van der Waals surface area contributed by atoms with Gasteiger partial charge in [-0.05, 0) is 6.42 Å². The fourth-order valence-corrected chi connectivity index (χ4v) is 3.59. The lowest BCUT2D eigenvalue weighted by molar-refractivity contribution is -0.497. The summed E-state index contributed by atoms with van der Waals surface area (Å²) in [7, 11) is -3.02. The highest BCUT2D eigenvalue weighted by Gasteiger charge is 2.53. The first kappa shape index (κ1) is 11.3. The fourth-order valence-electron chi connectivity index (χ4n) is 1.91. The topological polar surface area (TPSA) is 106 Å². The Balaban J connectivity index is 1.84. The number of sulfone groups is 1. The second-order valence-corrected chi connectivity index (χ2v) is 6.53. The molecule has 1 saturated carbocycles. The van der Waals surface area contributed by atoms with Crippen LogP contribution in [0.1, 0.15) is 12.8 Å². The van der Waals surface area contributed by atoms with Crippen molar-refractivity contribution in [1.29, 1.82) is 0 Å². The molecular formula is C8H12N2O5S. The van der Waals surface area contributed by atoms with Crippen molar-refractivity contribution in [2.45, 2.75) is 24.9 Å². The third-order valence-corrected chi connectivity index (χ3v) is 4.71. The predicted octanol–water partition coefficient (Wildman–Crippen LogP) is -1.05. The Morgan fingerprint density at radius 3 is 2.56 bits per heavy atom. The van der Waals surface area contributed by atoms with Gasteiger partial charge < -0.3 is 5.32 Å². The lowest BCUT2D eigenvalue weighted by Crippen LogP contribution is -2.37. The van der Waals surface area contributed by atoms with Crippen molar-refractivity contribution in [1.82, 2.24) is 5.32 Å². The molecule has 0 radical (unpaired) electrons. The van der Waals surface area contributed by atoms with Gasteiger partial charge in [-0.3, -0.25) is 14.9 Å². The lowest BCUT2D eigenvalue weighted by Gasteiger charge is -2.09. The van der Waals surface area contributed by atoms with E-state index < -0.39 is 26.7 Å². The summed E-state index contributed by atoms with van der Waals surface area (Å²) in [6, 6.07) is -1.15. The molecule has 0 aromatic carbocycles. The molecule has 1 saturated heterocycles. The summed E-state index contributed by atoms with van der Waals surface area (Å²) in [5, 5.41) is 12.9. The highest BCUT2D eigenvalue weighted by atomic mass is 32.2. The quantitative estimate of drug-likeness (QED) is 0.507. The maximum atomic E-state index is 11.5. The molecule has 0 aromatic rings. The lowest BCUT2D eigenvalue weighted by atomic mass is 10.2. The largest absolute Gasteiger partial charge is 0.352 e. The average Bonchev–Trinajstić information content (AvgIpc) is 2.87. The van der Waals surface area contributed by atoms with Gasteiger partial charge in [0.15, 0.2) is 9.84 Å². The average molecular weight is 248 g/mol. The summed E-state index contributed by atoms with van der Waals surface area (Å²) in [5.41, 5.74) is 0. The number of hydrogen-bond donors (Lipinski definition) is 1. The number of hydrogen-bond acceptors (Lipinski definition) is 5. The van der Waals surface area contributed by atoms with E-state index in [0.717, 1.165) is 0 Å². The molecule has 1 N–H and O–H groups in total. The first-order chi connectivity index (χ1) is 7.39. The van der Waals surface area contributed by atoms with E-state index in [2.05, 4.69) is 5.32 Å². The molecule has 1 amide bonds. The zero-order valence-corrected chi connectivity index (χ0v) is 9.27. The summed E-state index contributed by atoms with van der Waals surface area (Å²) in [5.74, 6) is -0.919. The van der Waals surface area contributed by atoms with Gasteiger partial charge in [0.1, 0.15) is 5.92 Å². The Labute approximate surface area is 92.3 Å². The molecule has 7 nitrogen and oxygen atoms in total. The highest BCUT2D eigenvalue weighted by molar-refractivity contribution is 7.91. The Bertz CT molecular complexity index is 432. The van der Waals surface area contributed by atoms with Crippen molar-refractivity contribution in [2.24, 2.45) is 5.92 Å². The normalized spacial score (nSPS) is 35.6. The van der Waals surface area contributed by atoms with Gasteiger partial charge in [-0.25, -0.2) is 8.42 Å². The number of amides is 1. The van der Waals surface area contributed by atoms with Crippen LogP contribution in [0.5, 0.6) is 0 Å². The van der Waals surface area contributed by atoms with E-state index in [1.807, 2.05) is 0 Å². The van der Waals surface area contributed by atoms with Gasteiger partial charge >= 0.3 is 0 Å². The zero-order chi connectivity index (χ0) is 11.9. The molecule has 2 rings (SSSR count). The molecule has 0 bridgehead atoms. The van der Waals surface area contributed by atoms with Crippen LogP contribution in [0.25, 0.3) is 0 Å². The Morgan fingerprint density at radius 1 is 1.44 bits per heavy atom. The molecule has 0 aromatic heterocycles.